The van der Waals surface area contributed by atoms with E-state index in [-0.39, 0.29) is 22.6 Å². The highest BCUT2D eigenvalue weighted by atomic mass is 19.4. The highest BCUT2D eigenvalue weighted by molar-refractivity contribution is 5.70. The maximum absolute atomic E-state index is 14.4. The molecular weight excluding hydrogens is 455 g/mol. The topological polar surface area (TPSA) is 102 Å². The smallest absolute Gasteiger partial charge is 0.417 e. The summed E-state index contributed by atoms with van der Waals surface area (Å²) in [5.41, 5.74) is -3.86. The number of carbonyl (C=O) groups is 1. The Kier molecular flexibility index (Phi) is 6.26. The molecule has 2 heterocycles. The van der Waals surface area contributed by atoms with Crippen molar-refractivity contribution < 1.29 is 41.3 Å². The van der Waals surface area contributed by atoms with Gasteiger partial charge in [0.15, 0.2) is 17.2 Å². The molecule has 1 aromatic carbocycles. The molecule has 0 aliphatic carbocycles. The van der Waals surface area contributed by atoms with Gasteiger partial charge < -0.3 is 19.6 Å². The van der Waals surface area contributed by atoms with Gasteiger partial charge in [0.05, 0.1) is 13.5 Å². The van der Waals surface area contributed by atoms with Gasteiger partial charge in [-0.3, -0.25) is 9.59 Å². The zero-order valence-corrected chi connectivity index (χ0v) is 18.0. The lowest BCUT2D eigenvalue weighted by Gasteiger charge is -2.32. The van der Waals surface area contributed by atoms with Crippen LogP contribution in [0.25, 0.3) is 0 Å². The zero-order valence-electron chi connectivity index (χ0n) is 18.0. The number of carboxylic acid groups (broad SMARTS) is 1. The Hall–Kier alpha value is -3.02. The Morgan fingerprint density at radius 3 is 2.48 bits per heavy atom. The van der Waals surface area contributed by atoms with E-state index in [2.05, 4.69) is 9.97 Å². The molecule has 1 saturated heterocycles. The minimum atomic E-state index is -4.86. The third kappa shape index (κ3) is 4.07. The van der Waals surface area contributed by atoms with Gasteiger partial charge in [0.2, 0.25) is 5.82 Å². The molecule has 1 aliphatic heterocycles. The summed E-state index contributed by atoms with van der Waals surface area (Å²) in [7, 11) is 1.05. The molecule has 2 N–H and O–H groups in total. The van der Waals surface area contributed by atoms with Gasteiger partial charge in [-0.15, -0.1) is 0 Å². The van der Waals surface area contributed by atoms with Crippen LogP contribution in [0.1, 0.15) is 48.5 Å². The van der Waals surface area contributed by atoms with E-state index in [0.29, 0.717) is 0 Å². The second-order valence-electron chi connectivity index (χ2n) is 8.03. The van der Waals surface area contributed by atoms with Crippen molar-refractivity contribution in [1.82, 2.24) is 9.97 Å². The summed E-state index contributed by atoms with van der Waals surface area (Å²) in [4.78, 5) is 29.9. The zero-order chi connectivity index (χ0) is 24.9. The van der Waals surface area contributed by atoms with E-state index >= 15 is 0 Å². The van der Waals surface area contributed by atoms with E-state index in [1.165, 1.54) is 13.8 Å². The minimum Gasteiger partial charge on any atom is -0.493 e. The van der Waals surface area contributed by atoms with Gasteiger partial charge in [0, 0.05) is 28.7 Å². The summed E-state index contributed by atoms with van der Waals surface area (Å²) in [5, 5.41) is 8.98. The van der Waals surface area contributed by atoms with E-state index in [4.69, 9.17) is 14.6 Å². The van der Waals surface area contributed by atoms with Crippen molar-refractivity contribution in [3.8, 4) is 5.75 Å². The first-order valence-electron chi connectivity index (χ1n) is 9.80. The van der Waals surface area contributed by atoms with Crippen LogP contribution in [-0.4, -0.2) is 39.9 Å². The Labute approximate surface area is 184 Å². The number of aryl methyl sites for hydroxylation is 1. The summed E-state index contributed by atoms with van der Waals surface area (Å²) in [5.74, 6) is -7.41. The maximum atomic E-state index is 14.4. The third-order valence-electron chi connectivity index (χ3n) is 6.15. The lowest BCUT2D eigenvalue weighted by Crippen LogP contribution is -2.46. The van der Waals surface area contributed by atoms with E-state index in [0.717, 1.165) is 26.2 Å². The number of alkyl halides is 3. The highest BCUT2D eigenvalue weighted by Crippen LogP contribution is 2.59. The third-order valence-corrected chi connectivity index (χ3v) is 6.15. The number of rotatable bonds is 5. The Bertz CT molecular complexity index is 1150. The second-order valence-corrected chi connectivity index (χ2v) is 8.03. The van der Waals surface area contributed by atoms with Gasteiger partial charge in [0.1, 0.15) is 11.9 Å². The molecule has 1 aromatic heterocycles. The number of nitrogens with one attached hydrogen (secondary N) is 1. The van der Waals surface area contributed by atoms with Crippen LogP contribution in [0.5, 0.6) is 5.75 Å². The average Bonchev–Trinajstić information content (AvgIpc) is 2.98. The van der Waals surface area contributed by atoms with Crippen LogP contribution in [0.3, 0.4) is 0 Å². The summed E-state index contributed by atoms with van der Waals surface area (Å²) in [6.07, 6.45) is -7.03. The standard InChI is InChI=1S/C21H21F5N2O5/c1-8-14(10-5-6-12(22)15(23)16(10)32-4)17(33-20(8,3)21(24,25)26)18-27-9(2)11(7-13(29)30)19(31)28-18/h5-6,8,14,17H,7H2,1-4H3,(H,29,30)(H,27,28,31)/t8-,14-,17+,20+/m0/s1. The number of H-pyrrole nitrogens is 1. The van der Waals surface area contributed by atoms with E-state index in [1.54, 1.807) is 0 Å². The van der Waals surface area contributed by atoms with Crippen molar-refractivity contribution in [2.75, 3.05) is 7.11 Å². The predicted molar refractivity (Wildman–Crippen MR) is 104 cm³/mol. The molecule has 4 atom stereocenters. The van der Waals surface area contributed by atoms with Crippen LogP contribution in [0, 0.1) is 24.5 Å². The molecule has 2 aromatic rings. The summed E-state index contributed by atoms with van der Waals surface area (Å²) in [6.45, 7) is 3.40. The second kappa shape index (κ2) is 8.40. The molecule has 33 heavy (non-hydrogen) atoms. The van der Waals surface area contributed by atoms with Crippen LogP contribution in [-0.2, 0) is 16.0 Å². The number of methoxy groups -OCH3 is 1. The summed E-state index contributed by atoms with van der Waals surface area (Å²) in [6, 6.07) is 1.86. The minimum absolute atomic E-state index is 0.0102. The molecule has 3 rings (SSSR count). The monoisotopic (exact) mass is 476 g/mol. The molecule has 0 spiro atoms. The lowest BCUT2D eigenvalue weighted by atomic mass is 9.77. The van der Waals surface area contributed by atoms with Gasteiger partial charge in [-0.05, 0) is 19.9 Å². The molecule has 0 radical (unpaired) electrons. The van der Waals surface area contributed by atoms with Crippen molar-refractivity contribution in [2.24, 2.45) is 5.92 Å². The molecule has 12 heteroatoms. The van der Waals surface area contributed by atoms with Crippen LogP contribution in [0.4, 0.5) is 22.0 Å². The van der Waals surface area contributed by atoms with Crippen molar-refractivity contribution in [1.29, 1.82) is 0 Å². The number of nitrogens with zero attached hydrogens (tertiary/aromatic N) is 1. The molecule has 7 nitrogen and oxygen atoms in total. The van der Waals surface area contributed by atoms with E-state index in [1.807, 2.05) is 0 Å². The number of aromatic amines is 1. The Balaban J connectivity index is 2.24. The summed E-state index contributed by atoms with van der Waals surface area (Å²) < 4.78 is 80.6. The van der Waals surface area contributed by atoms with Crippen LogP contribution >= 0.6 is 0 Å². The first-order valence-corrected chi connectivity index (χ1v) is 9.80. The summed E-state index contributed by atoms with van der Waals surface area (Å²) >= 11 is 0. The maximum Gasteiger partial charge on any atom is 0.417 e. The van der Waals surface area contributed by atoms with Gasteiger partial charge in [0.25, 0.3) is 5.56 Å². The number of aromatic nitrogens is 2. The molecule has 0 bridgehead atoms. The highest BCUT2D eigenvalue weighted by Gasteiger charge is 2.65. The van der Waals surface area contributed by atoms with Crippen molar-refractivity contribution in [3.63, 3.8) is 0 Å². The first-order chi connectivity index (χ1) is 15.2. The molecular formula is C21H21F5N2O5. The normalized spacial score (nSPS) is 25.3. The quantitative estimate of drug-likeness (QED) is 0.637. The van der Waals surface area contributed by atoms with Crippen molar-refractivity contribution in [2.45, 2.75) is 51.0 Å². The number of hydrogen-bond acceptors (Lipinski definition) is 5. The number of aliphatic carboxylic acids is 1. The Morgan fingerprint density at radius 1 is 1.33 bits per heavy atom. The van der Waals surface area contributed by atoms with E-state index in [9.17, 15) is 31.5 Å². The first kappa shape index (κ1) is 24.6. The molecule has 1 fully saturated rings. The fourth-order valence-corrected chi connectivity index (χ4v) is 4.18. The number of carboxylic acids is 1. The number of ether oxygens (including phenoxy) is 2. The van der Waals surface area contributed by atoms with Gasteiger partial charge in [-0.2, -0.15) is 17.6 Å². The molecule has 0 saturated carbocycles. The molecule has 0 amide bonds. The number of benzene rings is 1. The largest absolute Gasteiger partial charge is 0.493 e. The fraction of sp³-hybridized carbons (Fsp3) is 0.476. The Morgan fingerprint density at radius 2 is 1.97 bits per heavy atom. The lowest BCUT2D eigenvalue weighted by molar-refractivity contribution is -0.275. The van der Waals surface area contributed by atoms with Gasteiger partial charge in [-0.25, -0.2) is 9.37 Å². The van der Waals surface area contributed by atoms with Crippen molar-refractivity contribution in [3.05, 3.63) is 56.8 Å². The van der Waals surface area contributed by atoms with Gasteiger partial charge in [-0.1, -0.05) is 13.0 Å². The fourth-order valence-electron chi connectivity index (χ4n) is 4.18. The van der Waals surface area contributed by atoms with Crippen LogP contribution < -0.4 is 10.3 Å². The van der Waals surface area contributed by atoms with E-state index < -0.39 is 65.1 Å². The average molecular weight is 476 g/mol. The van der Waals surface area contributed by atoms with Crippen molar-refractivity contribution >= 4 is 5.97 Å². The molecule has 1 aliphatic rings. The number of halogens is 5. The predicted octanol–water partition coefficient (Wildman–Crippen LogP) is 3.80. The molecule has 180 valence electrons. The SMILES string of the molecule is COc1c([C@H]2[C@H](c3nc(C)c(CC(=O)O)c(=O)[nH]3)O[C@@](C)(C(F)(F)F)[C@H]2C)ccc(F)c1F. The van der Waals surface area contributed by atoms with Gasteiger partial charge >= 0.3 is 12.1 Å². The van der Waals surface area contributed by atoms with Crippen LogP contribution in [0.15, 0.2) is 16.9 Å². The molecule has 0 unspecified atom stereocenters. The van der Waals surface area contributed by atoms with Crippen LogP contribution in [0.2, 0.25) is 0 Å². The number of hydrogen-bond donors (Lipinski definition) is 2.